The van der Waals surface area contributed by atoms with Crippen LogP contribution in [-0.2, 0) is 4.74 Å². The lowest BCUT2D eigenvalue weighted by Gasteiger charge is -2.12. The second-order valence-electron chi connectivity index (χ2n) is 2.89. The molecule has 70 valence electrons. The van der Waals surface area contributed by atoms with Gasteiger partial charge in [0, 0.05) is 22.2 Å². The third-order valence-electron chi connectivity index (χ3n) is 2.04. The molecule has 0 amide bonds. The number of ether oxygens (including phenoxy) is 1. The van der Waals surface area contributed by atoms with Crippen LogP contribution in [0.2, 0.25) is 10.0 Å². The number of rotatable bonds is 1. The van der Waals surface area contributed by atoms with Crippen LogP contribution in [0.25, 0.3) is 0 Å². The molecule has 1 aliphatic heterocycles. The van der Waals surface area contributed by atoms with Crippen LogP contribution in [0.1, 0.15) is 11.7 Å². The highest BCUT2D eigenvalue weighted by Crippen LogP contribution is 2.33. The Morgan fingerprint density at radius 2 is 2.00 bits per heavy atom. The van der Waals surface area contributed by atoms with E-state index in [2.05, 4.69) is 5.32 Å². The Balaban J connectivity index is 2.37. The van der Waals surface area contributed by atoms with Gasteiger partial charge in [0.2, 0.25) is 0 Å². The van der Waals surface area contributed by atoms with Crippen molar-refractivity contribution >= 4 is 23.2 Å². The van der Waals surface area contributed by atoms with Gasteiger partial charge < -0.3 is 4.74 Å². The van der Waals surface area contributed by atoms with Crippen LogP contribution >= 0.6 is 23.2 Å². The highest BCUT2D eigenvalue weighted by atomic mass is 35.5. The predicted molar refractivity (Wildman–Crippen MR) is 53.2 cm³/mol. The van der Waals surface area contributed by atoms with Crippen LogP contribution in [0.15, 0.2) is 18.2 Å². The Kier molecular flexibility index (Phi) is 2.74. The van der Waals surface area contributed by atoms with Crippen molar-refractivity contribution in [3.8, 4) is 0 Å². The molecular weight excluding hydrogens is 209 g/mol. The molecule has 4 heteroatoms. The fraction of sp³-hybridized carbons (Fsp3) is 0.333. The van der Waals surface area contributed by atoms with Gasteiger partial charge in [-0.3, -0.25) is 5.32 Å². The molecule has 2 rings (SSSR count). The fourth-order valence-electron chi connectivity index (χ4n) is 1.41. The van der Waals surface area contributed by atoms with Crippen LogP contribution < -0.4 is 5.32 Å². The molecule has 1 heterocycles. The zero-order valence-corrected chi connectivity index (χ0v) is 8.40. The molecule has 1 aromatic rings. The highest BCUT2D eigenvalue weighted by molar-refractivity contribution is 6.36. The second kappa shape index (κ2) is 3.84. The van der Waals surface area contributed by atoms with Gasteiger partial charge in [-0.15, -0.1) is 0 Å². The lowest BCUT2D eigenvalue weighted by atomic mass is 10.1. The van der Waals surface area contributed by atoms with Gasteiger partial charge in [-0.25, -0.2) is 0 Å². The summed E-state index contributed by atoms with van der Waals surface area (Å²) in [5.41, 5.74) is 0.885. The van der Waals surface area contributed by atoms with E-state index in [4.69, 9.17) is 27.9 Å². The van der Waals surface area contributed by atoms with Crippen molar-refractivity contribution < 1.29 is 4.74 Å². The molecule has 0 saturated carbocycles. The summed E-state index contributed by atoms with van der Waals surface area (Å²) in [6, 6.07) is 5.48. The van der Waals surface area contributed by atoms with Gasteiger partial charge in [0.25, 0.3) is 0 Å². The molecule has 1 N–H and O–H groups in total. The molecule has 1 atom stereocenters. The zero-order valence-electron chi connectivity index (χ0n) is 6.89. The topological polar surface area (TPSA) is 21.3 Å². The van der Waals surface area contributed by atoms with E-state index in [9.17, 15) is 0 Å². The zero-order chi connectivity index (χ0) is 9.26. The summed E-state index contributed by atoms with van der Waals surface area (Å²) in [5, 5.41) is 4.42. The van der Waals surface area contributed by atoms with Gasteiger partial charge in [0.15, 0.2) is 0 Å². The third-order valence-corrected chi connectivity index (χ3v) is 2.70. The van der Waals surface area contributed by atoms with Crippen molar-refractivity contribution in [1.82, 2.24) is 5.32 Å². The molecule has 0 aliphatic carbocycles. The molecule has 0 bridgehead atoms. The first-order chi connectivity index (χ1) is 6.29. The van der Waals surface area contributed by atoms with E-state index in [1.807, 2.05) is 18.2 Å². The van der Waals surface area contributed by atoms with Gasteiger partial charge in [0.05, 0.1) is 12.8 Å². The molecule has 0 aromatic heterocycles. The maximum absolute atomic E-state index is 6.02. The number of halogens is 2. The molecular formula is C9H9Cl2NO. The molecule has 1 aromatic carbocycles. The molecule has 2 nitrogen and oxygen atoms in total. The molecule has 1 aliphatic rings. The van der Waals surface area contributed by atoms with Gasteiger partial charge in [0.1, 0.15) is 0 Å². The fourth-order valence-corrected chi connectivity index (χ4v) is 2.05. The van der Waals surface area contributed by atoms with Crippen LogP contribution in [-0.4, -0.2) is 13.3 Å². The summed E-state index contributed by atoms with van der Waals surface area (Å²) >= 11 is 12.0. The molecule has 0 spiro atoms. The van der Waals surface area contributed by atoms with Crippen LogP contribution in [0.4, 0.5) is 0 Å². The summed E-state index contributed by atoms with van der Waals surface area (Å²) in [6.45, 7) is 1.33. The van der Waals surface area contributed by atoms with Crippen LogP contribution in [0.3, 0.4) is 0 Å². The first-order valence-corrected chi connectivity index (χ1v) is 4.81. The predicted octanol–water partition coefficient (Wildman–Crippen LogP) is 2.61. The van der Waals surface area contributed by atoms with E-state index in [0.29, 0.717) is 16.8 Å². The quantitative estimate of drug-likeness (QED) is 0.782. The van der Waals surface area contributed by atoms with Gasteiger partial charge in [-0.2, -0.15) is 0 Å². The normalized spacial score (nSPS) is 22.2. The smallest absolute Gasteiger partial charge is 0.0996 e. The summed E-state index contributed by atoms with van der Waals surface area (Å²) in [6.07, 6.45) is -0.0128. The molecule has 1 fully saturated rings. The summed E-state index contributed by atoms with van der Waals surface area (Å²) in [5.74, 6) is 0. The van der Waals surface area contributed by atoms with E-state index in [1.165, 1.54) is 0 Å². The number of hydrogen-bond acceptors (Lipinski definition) is 2. The largest absolute Gasteiger partial charge is 0.357 e. The van der Waals surface area contributed by atoms with Crippen LogP contribution in [0.5, 0.6) is 0 Å². The van der Waals surface area contributed by atoms with Crippen LogP contribution in [0, 0.1) is 0 Å². The third kappa shape index (κ3) is 1.81. The first-order valence-electron chi connectivity index (χ1n) is 4.05. The minimum Gasteiger partial charge on any atom is -0.357 e. The Morgan fingerprint density at radius 1 is 1.31 bits per heavy atom. The van der Waals surface area contributed by atoms with E-state index < -0.39 is 0 Å². The number of benzene rings is 1. The standard InChI is InChI=1S/C9H9Cl2NO/c10-6-2-1-3-7(11)9(6)8-4-12-5-13-8/h1-3,8,12H,4-5H2. The SMILES string of the molecule is Clc1cccc(Cl)c1C1CNCO1. The molecule has 1 saturated heterocycles. The van der Waals surface area contributed by atoms with Crippen molar-refractivity contribution in [3.05, 3.63) is 33.8 Å². The van der Waals surface area contributed by atoms with Crippen molar-refractivity contribution in [2.24, 2.45) is 0 Å². The lowest BCUT2D eigenvalue weighted by molar-refractivity contribution is 0.114. The number of nitrogens with one attached hydrogen (secondary N) is 1. The average molecular weight is 218 g/mol. The van der Waals surface area contributed by atoms with Crippen molar-refractivity contribution in [2.75, 3.05) is 13.3 Å². The van der Waals surface area contributed by atoms with Gasteiger partial charge in [-0.1, -0.05) is 29.3 Å². The monoisotopic (exact) mass is 217 g/mol. The van der Waals surface area contributed by atoms with Crippen molar-refractivity contribution in [2.45, 2.75) is 6.10 Å². The molecule has 13 heavy (non-hydrogen) atoms. The average Bonchev–Trinajstić information content (AvgIpc) is 2.57. The minimum absolute atomic E-state index is 0.0128. The summed E-state index contributed by atoms with van der Waals surface area (Å²) < 4.78 is 5.42. The maximum atomic E-state index is 6.02. The summed E-state index contributed by atoms with van der Waals surface area (Å²) in [4.78, 5) is 0. The van der Waals surface area contributed by atoms with E-state index in [-0.39, 0.29) is 6.10 Å². The number of hydrogen-bond donors (Lipinski definition) is 1. The lowest BCUT2D eigenvalue weighted by Crippen LogP contribution is -2.08. The second-order valence-corrected chi connectivity index (χ2v) is 3.70. The maximum Gasteiger partial charge on any atom is 0.0996 e. The van der Waals surface area contributed by atoms with Crippen molar-refractivity contribution in [3.63, 3.8) is 0 Å². The Hall–Kier alpha value is -0.280. The Labute approximate surface area is 86.8 Å². The Morgan fingerprint density at radius 3 is 2.54 bits per heavy atom. The minimum atomic E-state index is -0.0128. The van der Waals surface area contributed by atoms with Gasteiger partial charge in [-0.05, 0) is 12.1 Å². The van der Waals surface area contributed by atoms with E-state index >= 15 is 0 Å². The van der Waals surface area contributed by atoms with E-state index in [0.717, 1.165) is 12.1 Å². The molecule has 1 unspecified atom stereocenters. The summed E-state index contributed by atoms with van der Waals surface area (Å²) in [7, 11) is 0. The van der Waals surface area contributed by atoms with Crippen molar-refractivity contribution in [1.29, 1.82) is 0 Å². The first kappa shape index (κ1) is 9.28. The van der Waals surface area contributed by atoms with E-state index in [1.54, 1.807) is 0 Å². The molecule has 0 radical (unpaired) electrons. The highest BCUT2D eigenvalue weighted by Gasteiger charge is 2.21. The Bertz CT molecular complexity index is 290. The van der Waals surface area contributed by atoms with Gasteiger partial charge >= 0.3 is 0 Å².